The van der Waals surface area contributed by atoms with Crippen LogP contribution >= 0.6 is 0 Å². The first-order valence-electron chi connectivity index (χ1n) is 7.41. The third kappa shape index (κ3) is 3.33. The molecule has 1 aliphatic heterocycles. The quantitative estimate of drug-likeness (QED) is 0.917. The molecule has 1 saturated heterocycles. The number of anilines is 1. The van der Waals surface area contributed by atoms with Gasteiger partial charge in [0.05, 0.1) is 24.9 Å². The molecule has 5 heteroatoms. The van der Waals surface area contributed by atoms with Crippen LogP contribution < -0.4 is 10.2 Å². The number of nitrogens with one attached hydrogen (secondary N) is 1. The summed E-state index contributed by atoms with van der Waals surface area (Å²) >= 11 is 0. The minimum atomic E-state index is 0.107. The highest BCUT2D eigenvalue weighted by molar-refractivity contribution is 5.51. The van der Waals surface area contributed by atoms with Crippen LogP contribution in [0.3, 0.4) is 0 Å². The van der Waals surface area contributed by atoms with Gasteiger partial charge in [-0.2, -0.15) is 5.10 Å². The van der Waals surface area contributed by atoms with Crippen molar-refractivity contribution in [1.82, 2.24) is 15.1 Å². The molecule has 0 bridgehead atoms. The lowest BCUT2D eigenvalue weighted by Gasteiger charge is -2.36. The number of hydrogen-bond acceptors (Lipinski definition) is 4. The van der Waals surface area contributed by atoms with E-state index in [4.69, 9.17) is 4.74 Å². The van der Waals surface area contributed by atoms with Gasteiger partial charge in [-0.05, 0) is 34.6 Å². The Labute approximate surface area is 122 Å². The van der Waals surface area contributed by atoms with Crippen LogP contribution in [0.1, 0.15) is 39.0 Å². The molecule has 114 valence electrons. The number of ether oxygens (including phenoxy) is 1. The molecule has 1 N–H and O–H groups in total. The van der Waals surface area contributed by atoms with E-state index in [0.29, 0.717) is 6.04 Å². The molecule has 1 aromatic heterocycles. The minimum Gasteiger partial charge on any atom is -0.377 e. The van der Waals surface area contributed by atoms with Gasteiger partial charge in [-0.15, -0.1) is 0 Å². The van der Waals surface area contributed by atoms with Crippen molar-refractivity contribution in [3.8, 4) is 0 Å². The van der Waals surface area contributed by atoms with Crippen LogP contribution in [0.5, 0.6) is 0 Å². The Morgan fingerprint density at radius 2 is 2.10 bits per heavy atom. The lowest BCUT2D eigenvalue weighted by atomic mass is 10.1. The van der Waals surface area contributed by atoms with Crippen molar-refractivity contribution in [2.45, 2.75) is 52.7 Å². The average molecular weight is 280 g/mol. The first-order chi connectivity index (χ1) is 9.29. The molecule has 2 rings (SSSR count). The molecule has 0 aromatic carbocycles. The largest absolute Gasteiger partial charge is 0.377 e. The number of aryl methyl sites for hydroxylation is 2. The Morgan fingerprint density at radius 1 is 1.40 bits per heavy atom. The van der Waals surface area contributed by atoms with E-state index in [1.807, 2.05) is 11.7 Å². The smallest absolute Gasteiger partial charge is 0.131 e. The zero-order valence-electron chi connectivity index (χ0n) is 13.7. The molecule has 1 fully saturated rings. The van der Waals surface area contributed by atoms with Gasteiger partial charge in [-0.1, -0.05) is 0 Å². The molecular formula is C15H28N4O. The SMILES string of the molecule is Cc1nn(C)c(N2CCOCC2C)c1CNC(C)(C)C. The fraction of sp³-hybridized carbons (Fsp3) is 0.800. The maximum Gasteiger partial charge on any atom is 0.131 e. The van der Waals surface area contributed by atoms with E-state index in [-0.39, 0.29) is 5.54 Å². The number of hydrogen-bond donors (Lipinski definition) is 1. The van der Waals surface area contributed by atoms with Crippen LogP contribution in [-0.2, 0) is 18.3 Å². The van der Waals surface area contributed by atoms with Crippen LogP contribution in [-0.4, -0.2) is 41.1 Å². The fourth-order valence-electron chi connectivity index (χ4n) is 2.65. The summed E-state index contributed by atoms with van der Waals surface area (Å²) in [6.07, 6.45) is 0. The normalized spacial score (nSPS) is 20.5. The standard InChI is InChI=1S/C15H28N4O/c1-11-10-20-8-7-19(11)14-13(9-16-15(3,4)5)12(2)17-18(14)6/h11,16H,7-10H2,1-6H3. The van der Waals surface area contributed by atoms with Crippen LogP contribution in [0.4, 0.5) is 5.82 Å². The molecule has 5 nitrogen and oxygen atoms in total. The molecular weight excluding hydrogens is 252 g/mol. The molecule has 0 saturated carbocycles. The van der Waals surface area contributed by atoms with E-state index in [9.17, 15) is 0 Å². The van der Waals surface area contributed by atoms with Gasteiger partial charge < -0.3 is 15.0 Å². The van der Waals surface area contributed by atoms with E-state index in [0.717, 1.165) is 32.0 Å². The predicted molar refractivity (Wildman–Crippen MR) is 82.2 cm³/mol. The highest BCUT2D eigenvalue weighted by atomic mass is 16.5. The zero-order valence-corrected chi connectivity index (χ0v) is 13.7. The maximum atomic E-state index is 5.55. The van der Waals surface area contributed by atoms with Crippen LogP contribution in [0.15, 0.2) is 0 Å². The molecule has 1 aliphatic rings. The third-order valence-electron chi connectivity index (χ3n) is 3.75. The van der Waals surface area contributed by atoms with Crippen LogP contribution in [0.2, 0.25) is 0 Å². The lowest BCUT2D eigenvalue weighted by Crippen LogP contribution is -2.45. The second-order valence-electron chi connectivity index (χ2n) is 6.73. The summed E-state index contributed by atoms with van der Waals surface area (Å²) in [7, 11) is 2.03. The molecule has 1 aromatic rings. The van der Waals surface area contributed by atoms with Gasteiger partial charge in [0.15, 0.2) is 0 Å². The Kier molecular flexibility index (Phi) is 4.39. The molecule has 0 spiro atoms. The Bertz CT molecular complexity index is 461. The van der Waals surface area contributed by atoms with Gasteiger partial charge >= 0.3 is 0 Å². The average Bonchev–Trinajstić information content (AvgIpc) is 2.61. The first-order valence-corrected chi connectivity index (χ1v) is 7.41. The molecule has 0 aliphatic carbocycles. The van der Waals surface area contributed by atoms with Crippen molar-refractivity contribution in [2.75, 3.05) is 24.7 Å². The predicted octanol–water partition coefficient (Wildman–Crippen LogP) is 1.84. The number of morpholine rings is 1. The molecule has 0 amide bonds. The molecule has 1 unspecified atom stereocenters. The van der Waals surface area contributed by atoms with Crippen molar-refractivity contribution in [3.05, 3.63) is 11.3 Å². The number of aromatic nitrogens is 2. The summed E-state index contributed by atoms with van der Waals surface area (Å²) in [5, 5.41) is 8.19. The van der Waals surface area contributed by atoms with Gasteiger partial charge in [0.2, 0.25) is 0 Å². The Morgan fingerprint density at radius 3 is 2.70 bits per heavy atom. The van der Waals surface area contributed by atoms with Crippen molar-refractivity contribution in [1.29, 1.82) is 0 Å². The second kappa shape index (κ2) is 5.74. The Balaban J connectivity index is 2.27. The minimum absolute atomic E-state index is 0.107. The molecule has 0 radical (unpaired) electrons. The van der Waals surface area contributed by atoms with Crippen LogP contribution in [0.25, 0.3) is 0 Å². The van der Waals surface area contributed by atoms with Gasteiger partial charge in [-0.25, -0.2) is 0 Å². The van der Waals surface area contributed by atoms with Crippen molar-refractivity contribution < 1.29 is 4.74 Å². The summed E-state index contributed by atoms with van der Waals surface area (Å²) in [5.74, 6) is 1.23. The van der Waals surface area contributed by atoms with Gasteiger partial charge in [0, 0.05) is 31.2 Å². The van der Waals surface area contributed by atoms with Gasteiger partial charge in [0.1, 0.15) is 5.82 Å². The second-order valence-corrected chi connectivity index (χ2v) is 6.73. The Hall–Kier alpha value is -1.07. The molecule has 2 heterocycles. The van der Waals surface area contributed by atoms with E-state index >= 15 is 0 Å². The van der Waals surface area contributed by atoms with E-state index in [1.54, 1.807) is 0 Å². The lowest BCUT2D eigenvalue weighted by molar-refractivity contribution is 0.0980. The zero-order chi connectivity index (χ0) is 14.9. The molecule has 20 heavy (non-hydrogen) atoms. The van der Waals surface area contributed by atoms with Crippen molar-refractivity contribution in [3.63, 3.8) is 0 Å². The summed E-state index contributed by atoms with van der Waals surface area (Å²) in [5.41, 5.74) is 2.52. The van der Waals surface area contributed by atoms with E-state index in [2.05, 4.69) is 49.9 Å². The summed E-state index contributed by atoms with van der Waals surface area (Å²) in [4.78, 5) is 2.42. The maximum absolute atomic E-state index is 5.55. The highest BCUT2D eigenvalue weighted by Crippen LogP contribution is 2.26. The molecule has 1 atom stereocenters. The summed E-state index contributed by atoms with van der Waals surface area (Å²) < 4.78 is 7.56. The van der Waals surface area contributed by atoms with Crippen LogP contribution in [0, 0.1) is 6.92 Å². The fourth-order valence-corrected chi connectivity index (χ4v) is 2.65. The number of nitrogens with zero attached hydrogens (tertiary/aromatic N) is 3. The van der Waals surface area contributed by atoms with E-state index < -0.39 is 0 Å². The first kappa shape index (κ1) is 15.3. The van der Waals surface area contributed by atoms with Gasteiger partial charge in [-0.3, -0.25) is 4.68 Å². The van der Waals surface area contributed by atoms with Gasteiger partial charge in [0.25, 0.3) is 0 Å². The third-order valence-corrected chi connectivity index (χ3v) is 3.75. The van der Waals surface area contributed by atoms with Crippen molar-refractivity contribution in [2.24, 2.45) is 7.05 Å². The number of rotatable bonds is 3. The highest BCUT2D eigenvalue weighted by Gasteiger charge is 2.26. The summed E-state index contributed by atoms with van der Waals surface area (Å²) in [6.45, 7) is 14.2. The topological polar surface area (TPSA) is 42.3 Å². The van der Waals surface area contributed by atoms with Crippen molar-refractivity contribution >= 4 is 5.82 Å². The monoisotopic (exact) mass is 280 g/mol. The van der Waals surface area contributed by atoms with E-state index in [1.165, 1.54) is 11.4 Å². The summed E-state index contributed by atoms with van der Waals surface area (Å²) in [6, 6.07) is 0.395.